The maximum atomic E-state index is 13.1. The third kappa shape index (κ3) is 10.4. The fourth-order valence-corrected chi connectivity index (χ4v) is 6.26. The number of amides is 3. The Morgan fingerprint density at radius 3 is 2.34 bits per heavy atom. The molecule has 3 fully saturated rings. The Morgan fingerprint density at radius 2 is 1.75 bits per heavy atom. The first-order valence-corrected chi connectivity index (χ1v) is 16.2. The molecule has 13 heteroatoms. The van der Waals surface area contributed by atoms with E-state index >= 15 is 0 Å². The molecular formula is C31H55BN4O8. The number of alkyl carbamates (subject to hydrolysis) is 2. The van der Waals surface area contributed by atoms with Gasteiger partial charge in [-0.1, -0.05) is 38.3 Å². The monoisotopic (exact) mass is 622 g/mol. The van der Waals surface area contributed by atoms with Gasteiger partial charge in [-0.3, -0.25) is 4.79 Å². The van der Waals surface area contributed by atoms with Gasteiger partial charge in [0.25, 0.3) is 0 Å². The highest BCUT2D eigenvalue weighted by Crippen LogP contribution is 2.59. The predicted octanol–water partition coefficient (Wildman–Crippen LogP) is 2.35. The fourth-order valence-electron chi connectivity index (χ4n) is 6.26. The van der Waals surface area contributed by atoms with Gasteiger partial charge in [-0.25, -0.2) is 9.59 Å². The summed E-state index contributed by atoms with van der Waals surface area (Å²) >= 11 is 0. The number of unbranched alkanes of at least 4 members (excludes halogenated alkanes) is 3. The first-order valence-electron chi connectivity index (χ1n) is 16.2. The van der Waals surface area contributed by atoms with Crippen molar-refractivity contribution in [3.63, 3.8) is 0 Å². The maximum Gasteiger partial charge on any atom is 0.407 e. The molecule has 12 nitrogen and oxygen atoms in total. The number of allylic oxidation sites excluding steroid dienone is 1. The van der Waals surface area contributed by atoms with Crippen LogP contribution in [-0.4, -0.2) is 102 Å². The Balaban J connectivity index is 1.40. The highest BCUT2D eigenvalue weighted by molar-refractivity contribution is 6.06. The Bertz CT molecular complexity index is 990. The van der Waals surface area contributed by atoms with Gasteiger partial charge in [0.2, 0.25) is 5.91 Å². The molecule has 3 aliphatic rings. The summed E-state index contributed by atoms with van der Waals surface area (Å²) in [4.78, 5) is 36.7. The lowest BCUT2D eigenvalue weighted by Crippen LogP contribution is -2.56. The molecule has 2 aliphatic heterocycles. The molecule has 4 N–H and O–H groups in total. The summed E-state index contributed by atoms with van der Waals surface area (Å²) in [5, 5.41) is 11.3. The van der Waals surface area contributed by atoms with Crippen LogP contribution in [0.15, 0.2) is 11.6 Å². The van der Waals surface area contributed by atoms with Crippen molar-refractivity contribution in [3.8, 4) is 0 Å². The number of nitrogens with one attached hydrogen (secondary N) is 4. The molecule has 0 aromatic rings. The normalized spacial score (nSPS) is 29.4. The summed E-state index contributed by atoms with van der Waals surface area (Å²) in [6.45, 7) is 12.3. The van der Waals surface area contributed by atoms with Crippen molar-refractivity contribution in [3.05, 3.63) is 11.6 Å². The molecule has 3 amide bonds. The van der Waals surface area contributed by atoms with E-state index < -0.39 is 29.9 Å². The van der Waals surface area contributed by atoms with E-state index in [2.05, 4.69) is 48.0 Å². The van der Waals surface area contributed by atoms with Gasteiger partial charge in [0.05, 0.1) is 31.2 Å². The van der Waals surface area contributed by atoms with Gasteiger partial charge in [-0.05, 0) is 58.8 Å². The lowest BCUT2D eigenvalue weighted by molar-refractivity contribution is -0.119. The van der Waals surface area contributed by atoms with Crippen molar-refractivity contribution >= 4 is 26.1 Å². The number of hydrogen-bond acceptors (Lipinski definition) is 9. The van der Waals surface area contributed by atoms with Gasteiger partial charge in [0, 0.05) is 20.2 Å². The highest BCUT2D eigenvalue weighted by Gasteiger charge is 2.72. The fraction of sp³-hybridized carbons (Fsp3) is 0.839. The number of epoxide rings is 2. The number of carbonyl (C=O) groups is 3. The quantitative estimate of drug-likeness (QED) is 0.0782. The minimum atomic E-state index is -0.559. The van der Waals surface area contributed by atoms with E-state index in [1.807, 2.05) is 13.8 Å². The Hall–Kier alpha value is -2.35. The van der Waals surface area contributed by atoms with E-state index in [0.717, 1.165) is 38.5 Å². The van der Waals surface area contributed by atoms with Gasteiger partial charge in [-0.15, -0.1) is 0 Å². The van der Waals surface area contributed by atoms with Gasteiger partial charge in [-0.2, -0.15) is 0 Å². The number of rotatable bonds is 18. The molecule has 2 heterocycles. The molecule has 250 valence electrons. The zero-order valence-corrected chi connectivity index (χ0v) is 27.8. The van der Waals surface area contributed by atoms with Crippen LogP contribution in [0.5, 0.6) is 0 Å². The summed E-state index contributed by atoms with van der Waals surface area (Å²) in [6, 6.07) is -0.414. The van der Waals surface area contributed by atoms with Crippen LogP contribution < -0.4 is 21.2 Å². The number of ether oxygens (including phenoxy) is 5. The second-order valence-electron chi connectivity index (χ2n) is 13.1. The van der Waals surface area contributed by atoms with Crippen LogP contribution in [0.2, 0.25) is 0 Å². The van der Waals surface area contributed by atoms with Gasteiger partial charge >= 0.3 is 12.2 Å². The highest BCUT2D eigenvalue weighted by atomic mass is 16.6. The molecule has 1 saturated carbocycles. The topological polar surface area (TPSA) is 152 Å². The zero-order valence-electron chi connectivity index (χ0n) is 27.8. The molecule has 0 radical (unpaired) electrons. The number of carbonyl (C=O) groups excluding carboxylic acids is 3. The Morgan fingerprint density at radius 1 is 1.07 bits per heavy atom. The van der Waals surface area contributed by atoms with Crippen molar-refractivity contribution in [2.24, 2.45) is 11.8 Å². The molecule has 3 rings (SSSR count). The van der Waals surface area contributed by atoms with Gasteiger partial charge in [0.15, 0.2) is 7.98 Å². The van der Waals surface area contributed by atoms with Crippen LogP contribution in [0.1, 0.15) is 79.6 Å². The Kier molecular flexibility index (Phi) is 13.8. The predicted molar refractivity (Wildman–Crippen MR) is 169 cm³/mol. The molecule has 1 spiro atoms. The van der Waals surface area contributed by atoms with Crippen LogP contribution >= 0.6 is 0 Å². The smallest absolute Gasteiger partial charge is 0.407 e. The lowest BCUT2D eigenvalue weighted by Gasteiger charge is -2.42. The second kappa shape index (κ2) is 16.8. The molecular weight excluding hydrogens is 567 g/mol. The third-order valence-corrected chi connectivity index (χ3v) is 9.03. The van der Waals surface area contributed by atoms with E-state index in [-0.39, 0.29) is 42.2 Å². The van der Waals surface area contributed by atoms with Gasteiger partial charge in [0.1, 0.15) is 30.0 Å². The van der Waals surface area contributed by atoms with Crippen LogP contribution in [0, 0.1) is 11.8 Å². The Labute approximate surface area is 263 Å². The van der Waals surface area contributed by atoms with Crippen LogP contribution in [0.4, 0.5) is 9.59 Å². The number of methoxy groups -OCH3 is 1. The molecule has 0 aromatic carbocycles. The largest absolute Gasteiger partial charge is 0.447 e. The summed E-state index contributed by atoms with van der Waals surface area (Å²) in [6.07, 6.45) is 6.20. The minimum absolute atomic E-state index is 0.00945. The molecule has 2 saturated heterocycles. The molecule has 7 atom stereocenters. The van der Waals surface area contributed by atoms with E-state index in [4.69, 9.17) is 23.7 Å². The van der Waals surface area contributed by atoms with Crippen molar-refractivity contribution in [2.45, 2.75) is 115 Å². The first-order chi connectivity index (χ1) is 21.0. The standard InChI is InChI=1S/C31H55BN4O8/c1-20(2)11-12-24-30(5,44-24)27-26(40-6)23(13-14-31(27)19-42-31)43-29(39)36-22(21(3)4)18-41-28(38)34-16-10-8-7-9-15-33-25(37)17-35-32/h11,21-24,26-27,35H,7-10,12-19,32H2,1-6H3,(H,33,37)(H,34,38)(H,36,39)/t22-,23?,24+,26?,27?,30?,31-/m0/s1. The molecule has 4 unspecified atom stereocenters. The first kappa shape index (κ1) is 36.1. The average Bonchev–Trinajstić information content (AvgIpc) is 3.88. The molecule has 1 aliphatic carbocycles. The SMILES string of the molecule is BNCC(=O)NCCCCCCNC(=O)OC[C@H](NC(=O)OC1CC[C@]2(CO2)C(C2(C)O[C@@H]2CC=C(C)C)C1OC)C(C)C. The summed E-state index contributed by atoms with van der Waals surface area (Å²) < 4.78 is 29.6. The summed E-state index contributed by atoms with van der Waals surface area (Å²) in [5.74, 6) is -0.0527. The van der Waals surface area contributed by atoms with Crippen LogP contribution in [0.3, 0.4) is 0 Å². The average molecular weight is 623 g/mol. The molecule has 0 aromatic heterocycles. The lowest BCUT2D eigenvalue weighted by atomic mass is 9.68. The second-order valence-corrected chi connectivity index (χ2v) is 13.1. The summed E-state index contributed by atoms with van der Waals surface area (Å²) in [5.41, 5.74) is 0.547. The van der Waals surface area contributed by atoms with Crippen LogP contribution in [-0.2, 0) is 28.5 Å². The van der Waals surface area contributed by atoms with Crippen molar-refractivity contribution in [2.75, 3.05) is 40.0 Å². The van der Waals surface area contributed by atoms with E-state index in [9.17, 15) is 14.4 Å². The van der Waals surface area contributed by atoms with E-state index in [1.54, 1.807) is 15.1 Å². The van der Waals surface area contributed by atoms with Crippen molar-refractivity contribution in [1.82, 2.24) is 21.2 Å². The molecule has 0 bridgehead atoms. The van der Waals surface area contributed by atoms with Crippen molar-refractivity contribution in [1.29, 1.82) is 0 Å². The zero-order chi connectivity index (χ0) is 32.3. The third-order valence-electron chi connectivity index (χ3n) is 9.03. The number of hydrogen-bond donors (Lipinski definition) is 4. The van der Waals surface area contributed by atoms with E-state index in [0.29, 0.717) is 32.7 Å². The van der Waals surface area contributed by atoms with Crippen LogP contribution in [0.25, 0.3) is 0 Å². The van der Waals surface area contributed by atoms with E-state index in [1.165, 1.54) is 5.57 Å². The van der Waals surface area contributed by atoms with Crippen molar-refractivity contribution < 1.29 is 38.1 Å². The maximum absolute atomic E-state index is 13.1. The molecule has 44 heavy (non-hydrogen) atoms. The van der Waals surface area contributed by atoms with Gasteiger partial charge < -0.3 is 44.9 Å². The minimum Gasteiger partial charge on any atom is -0.447 e. The summed E-state index contributed by atoms with van der Waals surface area (Å²) in [7, 11) is 3.39.